The van der Waals surface area contributed by atoms with Crippen LogP contribution in [0, 0.1) is 0 Å². The number of hydrogen-bond acceptors (Lipinski definition) is 4. The van der Waals surface area contributed by atoms with Gasteiger partial charge in [0.15, 0.2) is 0 Å². The minimum absolute atomic E-state index is 0. The predicted molar refractivity (Wildman–Crippen MR) is 31.8 cm³/mol. The molecule has 1 N–H and O–H groups in total. The first-order valence-electron chi connectivity index (χ1n) is 1.79. The van der Waals surface area contributed by atoms with Crippen LogP contribution in [0.2, 0.25) is 10.6 Å². The number of rotatable bonds is 0. The Kier molecular flexibility index (Phi) is 8.26. The Morgan fingerprint density at radius 1 is 1.10 bits per heavy atom. The summed E-state index contributed by atoms with van der Waals surface area (Å²) in [7, 11) is 0. The van der Waals surface area contributed by atoms with Gasteiger partial charge < -0.3 is 5.48 Å². The molecule has 0 aliphatic rings. The van der Waals surface area contributed by atoms with Crippen LogP contribution in [0.1, 0.15) is 0 Å². The van der Waals surface area contributed by atoms with E-state index in [-0.39, 0.29) is 45.6 Å². The summed E-state index contributed by atoms with van der Waals surface area (Å²) in [6.45, 7) is 0. The molecule has 1 rings (SSSR count). The van der Waals surface area contributed by atoms with Gasteiger partial charge in [-0.15, -0.1) is 0 Å². The molecule has 7 heteroatoms. The van der Waals surface area contributed by atoms with E-state index >= 15 is 0 Å². The number of hydrogen-bond donors (Lipinski definition) is 0. The van der Waals surface area contributed by atoms with Crippen molar-refractivity contribution in [1.29, 1.82) is 0 Å². The second kappa shape index (κ2) is 6.27. The molecule has 0 aliphatic carbocycles. The zero-order valence-corrected chi connectivity index (χ0v) is 8.63. The van der Waals surface area contributed by atoms with Gasteiger partial charge in [0.2, 0.25) is 10.6 Å². The summed E-state index contributed by atoms with van der Waals surface area (Å²) in [4.78, 5) is 10.5. The molecule has 4 nitrogen and oxygen atoms in total. The molecule has 1 aromatic rings. The molecule has 0 bridgehead atoms. The monoisotopic (exact) mass is 189 g/mol. The molecule has 0 unspecified atom stereocenters. The molecule has 0 atom stereocenters. The first-order valence-corrected chi connectivity index (χ1v) is 2.54. The van der Waals surface area contributed by atoms with Crippen LogP contribution in [0.4, 0.5) is 0 Å². The molecule has 1 aromatic heterocycles. The molecule has 50 valence electrons. The van der Waals surface area contributed by atoms with Crippen molar-refractivity contribution in [2.75, 3.05) is 0 Å². The van der Waals surface area contributed by atoms with Crippen LogP contribution in [0.25, 0.3) is 0 Å². The average Bonchev–Trinajstić information content (AvgIpc) is 1.64. The van der Waals surface area contributed by atoms with E-state index in [0.717, 1.165) is 0 Å². The van der Waals surface area contributed by atoms with Crippen LogP contribution in [0.3, 0.4) is 0 Å². The van der Waals surface area contributed by atoms with E-state index in [9.17, 15) is 0 Å². The van der Waals surface area contributed by atoms with Gasteiger partial charge in [0.05, 0.1) is 0 Å². The third kappa shape index (κ3) is 4.38. The minimum atomic E-state index is 0. The van der Waals surface area contributed by atoms with E-state index in [1.54, 1.807) is 0 Å². The first kappa shape index (κ1) is 13.2. The predicted octanol–water partition coefficient (Wildman–Crippen LogP) is -1.99. The Morgan fingerprint density at radius 3 is 1.70 bits per heavy atom. The summed E-state index contributed by atoms with van der Waals surface area (Å²) in [6, 6.07) is 0. The van der Waals surface area contributed by atoms with Gasteiger partial charge in [-0.25, -0.2) is 9.97 Å². The molecule has 1 heterocycles. The largest absolute Gasteiger partial charge is 1.00 e. The van der Waals surface area contributed by atoms with Gasteiger partial charge in [0.25, 0.3) is 0 Å². The number of aromatic nitrogens is 3. The van der Waals surface area contributed by atoms with Gasteiger partial charge in [-0.2, -0.15) is 4.98 Å². The van der Waals surface area contributed by atoms with Gasteiger partial charge in [-0.3, -0.25) is 0 Å². The van der Waals surface area contributed by atoms with Gasteiger partial charge >= 0.3 is 29.6 Å². The Bertz CT molecular complexity index is 182. The maximum atomic E-state index is 5.30. The molecule has 0 fully saturated rings. The van der Waals surface area contributed by atoms with E-state index in [0.29, 0.717) is 0 Å². The van der Waals surface area contributed by atoms with Crippen molar-refractivity contribution in [3.8, 4) is 0 Å². The van der Waals surface area contributed by atoms with Crippen LogP contribution < -0.4 is 29.6 Å². The van der Waals surface area contributed by atoms with Crippen LogP contribution in [0.5, 0.6) is 0 Å². The topological polar surface area (TPSA) is 68.7 Å². The standard InChI is InChI=1S/C3HCl2N3.Na.H2O/c4-2-6-1-7-3(5)8-2;;/h1H;;1H2/q;+1;/p-1. The molecule has 0 aromatic carbocycles. The van der Waals surface area contributed by atoms with Crippen molar-refractivity contribution in [1.82, 2.24) is 15.0 Å². The van der Waals surface area contributed by atoms with E-state index in [4.69, 9.17) is 23.2 Å². The fraction of sp³-hybridized carbons (Fsp3) is 0. The SMILES string of the molecule is Clc1ncnc(Cl)n1.[Na+].[OH-]. The molecule has 10 heavy (non-hydrogen) atoms. The van der Waals surface area contributed by atoms with Crippen molar-refractivity contribution < 1.29 is 35.0 Å². The Morgan fingerprint density at radius 2 is 1.50 bits per heavy atom. The summed E-state index contributed by atoms with van der Waals surface area (Å²) in [5.41, 5.74) is 0. The smallest absolute Gasteiger partial charge is 0.870 e. The summed E-state index contributed by atoms with van der Waals surface area (Å²) >= 11 is 10.6. The summed E-state index contributed by atoms with van der Waals surface area (Å²) < 4.78 is 0. The zero-order chi connectivity index (χ0) is 5.98. The van der Waals surface area contributed by atoms with Gasteiger partial charge in [0.1, 0.15) is 6.33 Å². The maximum absolute atomic E-state index is 5.30. The Labute approximate surface area is 89.6 Å². The van der Waals surface area contributed by atoms with E-state index in [2.05, 4.69) is 15.0 Å². The summed E-state index contributed by atoms with van der Waals surface area (Å²) in [5.74, 6) is 0. The maximum Gasteiger partial charge on any atom is 1.00 e. The van der Waals surface area contributed by atoms with Crippen LogP contribution in [-0.4, -0.2) is 20.4 Å². The van der Waals surface area contributed by atoms with E-state index in [1.807, 2.05) is 0 Å². The third-order valence-corrected chi connectivity index (χ3v) is 0.877. The molecule has 0 radical (unpaired) electrons. The minimum Gasteiger partial charge on any atom is -0.870 e. The quantitative estimate of drug-likeness (QED) is 0.444. The molecule has 0 spiro atoms. The molecule has 0 aliphatic heterocycles. The molecule has 0 saturated heterocycles. The number of halogens is 2. The Hall–Kier alpha value is 0.550. The van der Waals surface area contributed by atoms with E-state index < -0.39 is 0 Å². The van der Waals surface area contributed by atoms with Gasteiger partial charge in [0, 0.05) is 0 Å². The number of nitrogens with zero attached hydrogens (tertiary/aromatic N) is 3. The third-order valence-electron chi connectivity index (χ3n) is 0.513. The molecule has 0 amide bonds. The van der Waals surface area contributed by atoms with Crippen molar-refractivity contribution in [3.63, 3.8) is 0 Å². The zero-order valence-electron chi connectivity index (χ0n) is 5.12. The second-order valence-electron chi connectivity index (χ2n) is 1.02. The van der Waals surface area contributed by atoms with Crippen LogP contribution >= 0.6 is 23.2 Å². The molecular formula is C3H2Cl2N3NaO. The summed E-state index contributed by atoms with van der Waals surface area (Å²) in [5, 5.41) is 0.231. The summed E-state index contributed by atoms with van der Waals surface area (Å²) in [6.07, 6.45) is 1.25. The van der Waals surface area contributed by atoms with Gasteiger partial charge in [-0.1, -0.05) is 0 Å². The van der Waals surface area contributed by atoms with Crippen LogP contribution in [0.15, 0.2) is 6.33 Å². The molecular weight excluding hydrogens is 188 g/mol. The fourth-order valence-corrected chi connectivity index (χ4v) is 0.549. The van der Waals surface area contributed by atoms with E-state index in [1.165, 1.54) is 6.33 Å². The van der Waals surface area contributed by atoms with Crippen molar-refractivity contribution in [2.24, 2.45) is 0 Å². The normalized spacial score (nSPS) is 7.40. The fourth-order valence-electron chi connectivity index (χ4n) is 0.258. The van der Waals surface area contributed by atoms with Crippen molar-refractivity contribution in [3.05, 3.63) is 16.9 Å². The molecule has 0 saturated carbocycles. The van der Waals surface area contributed by atoms with Crippen molar-refractivity contribution in [2.45, 2.75) is 0 Å². The first-order chi connectivity index (χ1) is 3.79. The second-order valence-corrected chi connectivity index (χ2v) is 1.70. The Balaban J connectivity index is 0. The van der Waals surface area contributed by atoms with Crippen LogP contribution in [-0.2, 0) is 0 Å². The average molecular weight is 190 g/mol. The van der Waals surface area contributed by atoms with Crippen molar-refractivity contribution >= 4 is 23.2 Å². The van der Waals surface area contributed by atoms with Gasteiger partial charge in [-0.05, 0) is 23.2 Å².